The van der Waals surface area contributed by atoms with Crippen molar-refractivity contribution in [2.45, 2.75) is 57.0 Å². The van der Waals surface area contributed by atoms with Gasteiger partial charge in [-0.25, -0.2) is 9.37 Å². The summed E-state index contributed by atoms with van der Waals surface area (Å²) < 4.78 is 15.8. The largest absolute Gasteiger partial charge is 0.323 e. The molecule has 2 fully saturated rings. The van der Waals surface area contributed by atoms with Crippen molar-refractivity contribution >= 4 is 11.0 Å². The predicted molar refractivity (Wildman–Crippen MR) is 81.5 cm³/mol. The highest BCUT2D eigenvalue weighted by atomic mass is 19.1. The van der Waals surface area contributed by atoms with E-state index in [1.807, 2.05) is 0 Å². The van der Waals surface area contributed by atoms with Gasteiger partial charge in [-0.3, -0.25) is 0 Å². The smallest absolute Gasteiger partial charge is 0.127 e. The van der Waals surface area contributed by atoms with Crippen LogP contribution in [0.3, 0.4) is 0 Å². The Morgan fingerprint density at radius 2 is 1.90 bits per heavy atom. The number of halogens is 1. The number of fused-ring (bicyclic) bond motifs is 1. The van der Waals surface area contributed by atoms with Crippen molar-refractivity contribution in [2.24, 2.45) is 11.7 Å². The molecule has 4 rings (SSSR count). The molecule has 112 valence electrons. The number of rotatable bonds is 3. The molecule has 0 radical (unpaired) electrons. The van der Waals surface area contributed by atoms with E-state index in [9.17, 15) is 4.39 Å². The summed E-state index contributed by atoms with van der Waals surface area (Å²) in [5, 5.41) is 0. The Balaban J connectivity index is 1.78. The summed E-state index contributed by atoms with van der Waals surface area (Å²) in [5.74, 6) is 1.31. The second-order valence-electron chi connectivity index (χ2n) is 6.63. The van der Waals surface area contributed by atoms with Crippen molar-refractivity contribution < 1.29 is 4.39 Å². The summed E-state index contributed by atoms with van der Waals surface area (Å²) in [6.45, 7) is 0. The number of aromatic nitrogens is 2. The number of nitrogens with two attached hydrogens (primary N) is 1. The van der Waals surface area contributed by atoms with Crippen molar-refractivity contribution in [3.8, 4) is 0 Å². The van der Waals surface area contributed by atoms with Gasteiger partial charge in [0.1, 0.15) is 11.6 Å². The van der Waals surface area contributed by atoms with E-state index >= 15 is 0 Å². The molecular formula is C17H22FN3. The molecule has 3 nitrogen and oxygen atoms in total. The van der Waals surface area contributed by atoms with Gasteiger partial charge in [-0.1, -0.05) is 19.3 Å². The lowest BCUT2D eigenvalue weighted by molar-refractivity contribution is 0.296. The Morgan fingerprint density at radius 1 is 1.14 bits per heavy atom. The molecule has 1 unspecified atom stereocenters. The van der Waals surface area contributed by atoms with Crippen molar-refractivity contribution in [3.63, 3.8) is 0 Å². The molecule has 2 N–H and O–H groups in total. The zero-order valence-electron chi connectivity index (χ0n) is 12.3. The lowest BCUT2D eigenvalue weighted by atomic mass is 9.84. The van der Waals surface area contributed by atoms with Crippen LogP contribution in [0.25, 0.3) is 11.0 Å². The molecule has 2 aliphatic carbocycles. The summed E-state index contributed by atoms with van der Waals surface area (Å²) in [4.78, 5) is 4.76. The van der Waals surface area contributed by atoms with Crippen LogP contribution in [0.1, 0.15) is 62.9 Å². The van der Waals surface area contributed by atoms with Gasteiger partial charge >= 0.3 is 0 Å². The maximum absolute atomic E-state index is 13.6. The maximum atomic E-state index is 13.6. The molecule has 0 spiro atoms. The highest BCUT2D eigenvalue weighted by Gasteiger charge is 2.33. The Bertz CT molecular complexity index is 653. The van der Waals surface area contributed by atoms with Crippen molar-refractivity contribution in [2.75, 3.05) is 0 Å². The normalized spacial score (nSPS) is 21.8. The molecule has 1 heterocycles. The van der Waals surface area contributed by atoms with E-state index < -0.39 is 0 Å². The number of hydrogen-bond acceptors (Lipinski definition) is 2. The second-order valence-corrected chi connectivity index (χ2v) is 6.63. The van der Waals surface area contributed by atoms with E-state index in [0.717, 1.165) is 29.7 Å². The van der Waals surface area contributed by atoms with Crippen molar-refractivity contribution in [3.05, 3.63) is 29.8 Å². The molecule has 2 aromatic rings. The monoisotopic (exact) mass is 287 g/mol. The Kier molecular flexibility index (Phi) is 3.21. The van der Waals surface area contributed by atoms with Gasteiger partial charge in [0.25, 0.3) is 0 Å². The van der Waals surface area contributed by atoms with Crippen molar-refractivity contribution in [1.29, 1.82) is 0 Å². The van der Waals surface area contributed by atoms with Gasteiger partial charge in [-0.05, 0) is 49.8 Å². The van der Waals surface area contributed by atoms with E-state index in [0.29, 0.717) is 12.0 Å². The summed E-state index contributed by atoms with van der Waals surface area (Å²) in [6.07, 6.45) is 8.59. The van der Waals surface area contributed by atoms with Crippen molar-refractivity contribution in [1.82, 2.24) is 9.55 Å². The van der Waals surface area contributed by atoms with Gasteiger partial charge in [-0.15, -0.1) is 0 Å². The van der Waals surface area contributed by atoms with Gasteiger partial charge in [0, 0.05) is 6.04 Å². The zero-order valence-corrected chi connectivity index (χ0v) is 12.3. The SMILES string of the molecule is NC(c1nc2ccc(F)cc2n1C1CC1)C1CCCCC1. The first kappa shape index (κ1) is 13.3. The Labute approximate surface area is 124 Å². The first-order valence-electron chi connectivity index (χ1n) is 8.17. The molecule has 0 bridgehead atoms. The molecule has 0 amide bonds. The summed E-state index contributed by atoms with van der Waals surface area (Å²) >= 11 is 0. The molecule has 2 saturated carbocycles. The van der Waals surface area contributed by atoms with Gasteiger partial charge in [0.05, 0.1) is 17.1 Å². The molecule has 0 saturated heterocycles. The fourth-order valence-electron chi connectivity index (χ4n) is 3.74. The fourth-order valence-corrected chi connectivity index (χ4v) is 3.74. The minimum atomic E-state index is -0.193. The minimum absolute atomic E-state index is 0.0126. The Morgan fingerprint density at radius 3 is 2.62 bits per heavy atom. The van der Waals surface area contributed by atoms with Crippen LogP contribution in [0.4, 0.5) is 4.39 Å². The summed E-state index contributed by atoms with van der Waals surface area (Å²) in [7, 11) is 0. The third kappa shape index (κ3) is 2.35. The number of benzene rings is 1. The van der Waals surface area contributed by atoms with Gasteiger partial charge < -0.3 is 10.3 Å². The molecule has 1 aromatic heterocycles. The number of hydrogen-bond donors (Lipinski definition) is 1. The molecule has 1 aromatic carbocycles. The first-order valence-corrected chi connectivity index (χ1v) is 8.17. The van der Waals surface area contributed by atoms with Crippen LogP contribution in [-0.4, -0.2) is 9.55 Å². The highest BCUT2D eigenvalue weighted by molar-refractivity contribution is 5.76. The Hall–Kier alpha value is -1.42. The second kappa shape index (κ2) is 5.09. The van der Waals surface area contributed by atoms with Gasteiger partial charge in [-0.2, -0.15) is 0 Å². The lowest BCUT2D eigenvalue weighted by Crippen LogP contribution is -2.26. The minimum Gasteiger partial charge on any atom is -0.323 e. The van der Waals surface area contributed by atoms with Crippen LogP contribution in [0.2, 0.25) is 0 Å². The average Bonchev–Trinajstić information content (AvgIpc) is 3.28. The first-order chi connectivity index (χ1) is 10.2. The molecular weight excluding hydrogens is 265 g/mol. The van der Waals surface area contributed by atoms with E-state index in [-0.39, 0.29) is 11.9 Å². The van der Waals surface area contributed by atoms with Crippen LogP contribution >= 0.6 is 0 Å². The zero-order chi connectivity index (χ0) is 14.4. The van der Waals surface area contributed by atoms with E-state index in [4.69, 9.17) is 10.7 Å². The van der Waals surface area contributed by atoms with Crippen LogP contribution in [0, 0.1) is 11.7 Å². The van der Waals surface area contributed by atoms with Crippen LogP contribution in [0.5, 0.6) is 0 Å². The fraction of sp³-hybridized carbons (Fsp3) is 0.588. The standard InChI is InChI=1S/C17H22FN3/c18-12-6-9-14-15(10-12)21(13-7-8-13)17(20-14)16(19)11-4-2-1-3-5-11/h6,9-11,13,16H,1-5,7-8,19H2. The average molecular weight is 287 g/mol. The lowest BCUT2D eigenvalue weighted by Gasteiger charge is -2.27. The molecule has 1 atom stereocenters. The number of imidazole rings is 1. The molecule has 4 heteroatoms. The number of nitrogens with zero attached hydrogens (tertiary/aromatic N) is 2. The van der Waals surface area contributed by atoms with E-state index in [1.54, 1.807) is 12.1 Å². The third-order valence-electron chi connectivity index (χ3n) is 5.05. The summed E-state index contributed by atoms with van der Waals surface area (Å²) in [6, 6.07) is 5.34. The van der Waals surface area contributed by atoms with Crippen LogP contribution < -0.4 is 5.73 Å². The summed E-state index contributed by atoms with van der Waals surface area (Å²) in [5.41, 5.74) is 8.36. The van der Waals surface area contributed by atoms with Crippen LogP contribution in [-0.2, 0) is 0 Å². The maximum Gasteiger partial charge on any atom is 0.127 e. The quantitative estimate of drug-likeness (QED) is 0.924. The van der Waals surface area contributed by atoms with E-state index in [2.05, 4.69) is 4.57 Å². The topological polar surface area (TPSA) is 43.8 Å². The molecule has 2 aliphatic rings. The van der Waals surface area contributed by atoms with Gasteiger partial charge in [0.2, 0.25) is 0 Å². The molecule has 0 aliphatic heterocycles. The molecule has 21 heavy (non-hydrogen) atoms. The third-order valence-corrected chi connectivity index (χ3v) is 5.05. The van der Waals surface area contributed by atoms with Gasteiger partial charge in [0.15, 0.2) is 0 Å². The van der Waals surface area contributed by atoms with E-state index in [1.165, 1.54) is 38.2 Å². The predicted octanol–water partition coefficient (Wildman–Crippen LogP) is 4.09. The van der Waals surface area contributed by atoms with Crippen LogP contribution in [0.15, 0.2) is 18.2 Å². The highest BCUT2D eigenvalue weighted by Crippen LogP contribution is 2.42.